The second kappa shape index (κ2) is 9.83. The normalized spacial score (nSPS) is 18.7. The first-order valence-electron chi connectivity index (χ1n) is 9.79. The standard InChI is InChI=1S/C21H28N2O3S/c1-3-4-8-13-26-17-10-9-16(14-18(17)25-2)15-19-20(24)22-21(27-19)23-11-6-5-7-12-23/h9-10,14-15H,3-8,11-13H2,1-2H3. The third-order valence-corrected chi connectivity index (χ3v) is 5.77. The molecule has 2 aliphatic rings. The molecule has 0 aliphatic carbocycles. The fourth-order valence-corrected chi connectivity index (χ4v) is 4.16. The van der Waals surface area contributed by atoms with Gasteiger partial charge in [-0.05, 0) is 61.2 Å². The van der Waals surface area contributed by atoms with Crippen molar-refractivity contribution in [1.82, 2.24) is 4.90 Å². The molecule has 1 saturated heterocycles. The first-order chi connectivity index (χ1) is 13.2. The SMILES string of the molecule is CCCCCOc1ccc(C=C2SC(N3CCCCC3)=NC2=O)cc1OC. The highest BCUT2D eigenvalue weighted by atomic mass is 32.2. The molecule has 1 aromatic carbocycles. The Hall–Kier alpha value is -1.95. The second-order valence-electron chi connectivity index (χ2n) is 6.82. The van der Waals surface area contributed by atoms with Gasteiger partial charge in [-0.15, -0.1) is 0 Å². The number of amides is 1. The number of carbonyl (C=O) groups is 1. The van der Waals surface area contributed by atoms with E-state index in [1.807, 2.05) is 24.3 Å². The Bertz CT molecular complexity index is 724. The molecular formula is C21H28N2O3S. The van der Waals surface area contributed by atoms with Crippen molar-refractivity contribution in [2.45, 2.75) is 45.4 Å². The zero-order chi connectivity index (χ0) is 19.1. The number of methoxy groups -OCH3 is 1. The Morgan fingerprint density at radius 3 is 2.74 bits per heavy atom. The van der Waals surface area contributed by atoms with E-state index in [4.69, 9.17) is 9.47 Å². The summed E-state index contributed by atoms with van der Waals surface area (Å²) in [6, 6.07) is 5.78. The second-order valence-corrected chi connectivity index (χ2v) is 7.83. The van der Waals surface area contributed by atoms with Crippen LogP contribution in [0.15, 0.2) is 28.1 Å². The highest BCUT2D eigenvalue weighted by Crippen LogP contribution is 2.34. The van der Waals surface area contributed by atoms with Gasteiger partial charge in [0.25, 0.3) is 5.91 Å². The molecule has 0 aromatic heterocycles. The molecule has 0 N–H and O–H groups in total. The van der Waals surface area contributed by atoms with Gasteiger partial charge in [-0.2, -0.15) is 4.99 Å². The largest absolute Gasteiger partial charge is 0.493 e. The van der Waals surface area contributed by atoms with Gasteiger partial charge in [0.2, 0.25) is 0 Å². The lowest BCUT2D eigenvalue weighted by molar-refractivity contribution is -0.113. The van der Waals surface area contributed by atoms with Gasteiger partial charge in [0.15, 0.2) is 16.7 Å². The fraction of sp³-hybridized carbons (Fsp3) is 0.524. The number of benzene rings is 1. The number of likely N-dealkylation sites (tertiary alicyclic amines) is 1. The number of amidine groups is 1. The Kier molecular flexibility index (Phi) is 7.21. The first kappa shape index (κ1) is 19.8. The molecule has 2 aliphatic heterocycles. The monoisotopic (exact) mass is 388 g/mol. The van der Waals surface area contributed by atoms with Crippen LogP contribution in [-0.2, 0) is 4.79 Å². The summed E-state index contributed by atoms with van der Waals surface area (Å²) in [5.74, 6) is 1.28. The Morgan fingerprint density at radius 2 is 2.00 bits per heavy atom. The van der Waals surface area contributed by atoms with Crippen molar-refractivity contribution in [3.8, 4) is 11.5 Å². The zero-order valence-corrected chi connectivity index (χ0v) is 17.0. The van der Waals surface area contributed by atoms with Crippen LogP contribution in [0.3, 0.4) is 0 Å². The topological polar surface area (TPSA) is 51.1 Å². The molecule has 6 heteroatoms. The molecule has 1 amide bonds. The molecule has 27 heavy (non-hydrogen) atoms. The summed E-state index contributed by atoms with van der Waals surface area (Å²) in [5.41, 5.74) is 0.915. The van der Waals surface area contributed by atoms with Crippen LogP contribution in [0.4, 0.5) is 0 Å². The van der Waals surface area contributed by atoms with Crippen LogP contribution in [0.25, 0.3) is 6.08 Å². The van der Waals surface area contributed by atoms with Gasteiger partial charge in [-0.1, -0.05) is 25.8 Å². The highest BCUT2D eigenvalue weighted by Gasteiger charge is 2.26. The molecule has 5 nitrogen and oxygen atoms in total. The minimum Gasteiger partial charge on any atom is -0.493 e. The number of unbranched alkanes of at least 4 members (excludes halogenated alkanes) is 2. The zero-order valence-electron chi connectivity index (χ0n) is 16.2. The number of piperidine rings is 1. The van der Waals surface area contributed by atoms with Gasteiger partial charge in [-0.25, -0.2) is 0 Å². The molecule has 0 bridgehead atoms. The minimum atomic E-state index is -0.153. The number of carbonyl (C=O) groups excluding carboxylic acids is 1. The Morgan fingerprint density at radius 1 is 1.19 bits per heavy atom. The van der Waals surface area contributed by atoms with Crippen LogP contribution in [0, 0.1) is 0 Å². The smallest absolute Gasteiger partial charge is 0.286 e. The molecule has 1 fully saturated rings. The predicted molar refractivity (Wildman–Crippen MR) is 111 cm³/mol. The summed E-state index contributed by atoms with van der Waals surface area (Å²) in [4.78, 5) is 19.4. The minimum absolute atomic E-state index is 0.153. The maximum Gasteiger partial charge on any atom is 0.286 e. The van der Waals surface area contributed by atoms with E-state index in [2.05, 4.69) is 16.8 Å². The summed E-state index contributed by atoms with van der Waals surface area (Å²) < 4.78 is 11.3. The lowest BCUT2D eigenvalue weighted by Gasteiger charge is -2.27. The molecule has 3 rings (SSSR count). The van der Waals surface area contributed by atoms with Crippen molar-refractivity contribution in [2.75, 3.05) is 26.8 Å². The van der Waals surface area contributed by atoms with Gasteiger partial charge in [0.1, 0.15) is 0 Å². The summed E-state index contributed by atoms with van der Waals surface area (Å²) >= 11 is 1.47. The van der Waals surface area contributed by atoms with E-state index in [-0.39, 0.29) is 5.91 Å². The molecule has 1 aromatic rings. The number of hydrogen-bond donors (Lipinski definition) is 0. The van der Waals surface area contributed by atoms with Crippen molar-refractivity contribution in [1.29, 1.82) is 0 Å². The van der Waals surface area contributed by atoms with Crippen molar-refractivity contribution < 1.29 is 14.3 Å². The quantitative estimate of drug-likeness (QED) is 0.500. The van der Waals surface area contributed by atoms with E-state index in [1.54, 1.807) is 7.11 Å². The maximum atomic E-state index is 12.3. The van der Waals surface area contributed by atoms with Crippen LogP contribution in [0.2, 0.25) is 0 Å². The highest BCUT2D eigenvalue weighted by molar-refractivity contribution is 8.18. The van der Waals surface area contributed by atoms with Crippen molar-refractivity contribution in [3.05, 3.63) is 28.7 Å². The number of ether oxygens (including phenoxy) is 2. The Labute approximate surface area is 165 Å². The van der Waals surface area contributed by atoms with E-state index in [0.717, 1.165) is 42.4 Å². The molecule has 0 radical (unpaired) electrons. The van der Waals surface area contributed by atoms with Crippen LogP contribution in [0.5, 0.6) is 11.5 Å². The van der Waals surface area contributed by atoms with Crippen LogP contribution < -0.4 is 9.47 Å². The van der Waals surface area contributed by atoms with E-state index in [0.29, 0.717) is 17.3 Å². The van der Waals surface area contributed by atoms with Crippen LogP contribution in [0.1, 0.15) is 51.0 Å². The summed E-state index contributed by atoms with van der Waals surface area (Å²) in [6.07, 6.45) is 8.85. The van der Waals surface area contributed by atoms with E-state index < -0.39 is 0 Å². The van der Waals surface area contributed by atoms with Gasteiger partial charge in [0, 0.05) is 13.1 Å². The molecule has 0 atom stereocenters. The van der Waals surface area contributed by atoms with Crippen LogP contribution in [-0.4, -0.2) is 42.8 Å². The van der Waals surface area contributed by atoms with Crippen molar-refractivity contribution in [2.24, 2.45) is 4.99 Å². The molecule has 2 heterocycles. The summed E-state index contributed by atoms with van der Waals surface area (Å²) in [5, 5.41) is 0.841. The molecule has 0 spiro atoms. The summed E-state index contributed by atoms with van der Waals surface area (Å²) in [6.45, 7) is 4.84. The lowest BCUT2D eigenvalue weighted by atomic mass is 10.1. The van der Waals surface area contributed by atoms with Crippen LogP contribution >= 0.6 is 11.8 Å². The van der Waals surface area contributed by atoms with Gasteiger partial charge in [0.05, 0.1) is 18.6 Å². The average molecular weight is 389 g/mol. The summed E-state index contributed by atoms with van der Waals surface area (Å²) in [7, 11) is 1.64. The number of rotatable bonds is 7. The van der Waals surface area contributed by atoms with Crippen molar-refractivity contribution >= 4 is 28.9 Å². The van der Waals surface area contributed by atoms with E-state index >= 15 is 0 Å². The number of hydrogen-bond acceptors (Lipinski definition) is 5. The third kappa shape index (κ3) is 5.28. The Balaban J connectivity index is 1.66. The molecule has 146 valence electrons. The van der Waals surface area contributed by atoms with E-state index in [1.165, 1.54) is 37.4 Å². The number of aliphatic imine (C=N–C) groups is 1. The van der Waals surface area contributed by atoms with E-state index in [9.17, 15) is 4.79 Å². The van der Waals surface area contributed by atoms with Gasteiger partial charge in [-0.3, -0.25) is 4.79 Å². The average Bonchev–Trinajstić information content (AvgIpc) is 3.07. The number of thioether (sulfide) groups is 1. The lowest BCUT2D eigenvalue weighted by Crippen LogP contribution is -2.33. The van der Waals surface area contributed by atoms with Gasteiger partial charge < -0.3 is 14.4 Å². The molecule has 0 saturated carbocycles. The van der Waals surface area contributed by atoms with Gasteiger partial charge >= 0.3 is 0 Å². The fourth-order valence-electron chi connectivity index (χ4n) is 3.20. The molecule has 0 unspecified atom stereocenters. The maximum absolute atomic E-state index is 12.3. The first-order valence-corrected chi connectivity index (χ1v) is 10.6. The molecular weight excluding hydrogens is 360 g/mol. The number of nitrogens with zero attached hydrogens (tertiary/aromatic N) is 2. The van der Waals surface area contributed by atoms with Crippen molar-refractivity contribution in [3.63, 3.8) is 0 Å². The predicted octanol–water partition coefficient (Wildman–Crippen LogP) is 4.72. The third-order valence-electron chi connectivity index (χ3n) is 4.73.